The minimum absolute atomic E-state index is 0.122. The Hall–Kier alpha value is -2.02. The summed E-state index contributed by atoms with van der Waals surface area (Å²) in [6.07, 6.45) is 1.67. The van der Waals surface area contributed by atoms with E-state index >= 15 is 0 Å². The first-order valence-corrected chi connectivity index (χ1v) is 6.80. The van der Waals surface area contributed by atoms with Crippen molar-refractivity contribution in [2.24, 2.45) is 0 Å². The summed E-state index contributed by atoms with van der Waals surface area (Å²) < 4.78 is 1.60. The van der Waals surface area contributed by atoms with Gasteiger partial charge in [0.15, 0.2) is 0 Å². The molecule has 0 aromatic carbocycles. The van der Waals surface area contributed by atoms with Crippen molar-refractivity contribution in [2.45, 2.75) is 32.9 Å². The number of piperazine rings is 1. The van der Waals surface area contributed by atoms with E-state index in [-0.39, 0.29) is 23.8 Å². The normalized spacial score (nSPS) is 23.2. The lowest BCUT2D eigenvalue weighted by Crippen LogP contribution is -2.57. The highest BCUT2D eigenvalue weighted by Gasteiger charge is 2.31. The fourth-order valence-corrected chi connectivity index (χ4v) is 2.47. The van der Waals surface area contributed by atoms with Gasteiger partial charge in [-0.15, -0.1) is 5.10 Å². The minimum Gasteiger partial charge on any atom is -0.330 e. The van der Waals surface area contributed by atoms with Crippen LogP contribution >= 0.6 is 0 Å². The number of aromatic nitrogens is 4. The van der Waals surface area contributed by atoms with E-state index in [0.29, 0.717) is 12.3 Å². The Bertz CT molecular complexity index is 651. The molecule has 7 nitrogen and oxygen atoms in total. The summed E-state index contributed by atoms with van der Waals surface area (Å²) in [5.74, 6) is 0.549. The van der Waals surface area contributed by atoms with Gasteiger partial charge in [-0.3, -0.25) is 4.79 Å². The number of nitrogens with one attached hydrogen (secondary N) is 1. The molecule has 3 rings (SSSR count). The van der Waals surface area contributed by atoms with Crippen molar-refractivity contribution in [3.05, 3.63) is 23.8 Å². The SMILES string of the molecule is Cc1ccnc2nc(C(=O)N3CCN[C@H](C)[C@H]3C)nn12. The molecule has 0 spiro atoms. The van der Waals surface area contributed by atoms with E-state index in [0.717, 1.165) is 12.2 Å². The Morgan fingerprint density at radius 2 is 2.25 bits per heavy atom. The van der Waals surface area contributed by atoms with Crippen LogP contribution in [-0.2, 0) is 0 Å². The predicted octanol–water partition coefficient (Wildman–Crippen LogP) is 0.255. The van der Waals surface area contributed by atoms with Gasteiger partial charge >= 0.3 is 0 Å². The topological polar surface area (TPSA) is 75.4 Å². The molecule has 1 aliphatic heterocycles. The number of hydrogen-bond donors (Lipinski definition) is 1. The molecule has 3 heterocycles. The van der Waals surface area contributed by atoms with Crippen molar-refractivity contribution in [3.8, 4) is 0 Å². The second-order valence-electron chi connectivity index (χ2n) is 5.22. The van der Waals surface area contributed by atoms with Crippen LogP contribution in [0.4, 0.5) is 0 Å². The maximum atomic E-state index is 12.6. The molecule has 1 fully saturated rings. The highest BCUT2D eigenvalue weighted by Crippen LogP contribution is 2.12. The number of carbonyl (C=O) groups excluding carboxylic acids is 1. The summed E-state index contributed by atoms with van der Waals surface area (Å²) >= 11 is 0. The zero-order valence-corrected chi connectivity index (χ0v) is 11.9. The Morgan fingerprint density at radius 3 is 3.00 bits per heavy atom. The molecular weight excluding hydrogens is 256 g/mol. The first-order chi connectivity index (χ1) is 9.58. The van der Waals surface area contributed by atoms with Crippen molar-refractivity contribution < 1.29 is 4.79 Å². The van der Waals surface area contributed by atoms with Crippen LogP contribution in [0.2, 0.25) is 0 Å². The van der Waals surface area contributed by atoms with Gasteiger partial charge in [0.1, 0.15) is 0 Å². The molecule has 0 saturated carbocycles. The first-order valence-electron chi connectivity index (χ1n) is 6.80. The standard InChI is InChI=1S/C13H18N6O/c1-8-4-5-15-13-16-11(17-19(8)13)12(20)18-7-6-14-9(2)10(18)3/h4-5,9-10,14H,6-7H2,1-3H3/t9-,10-/m1/s1. The largest absolute Gasteiger partial charge is 0.330 e. The first kappa shape index (κ1) is 13.0. The Kier molecular flexibility index (Phi) is 3.13. The number of rotatable bonds is 1. The van der Waals surface area contributed by atoms with E-state index in [2.05, 4.69) is 27.3 Å². The van der Waals surface area contributed by atoms with Gasteiger partial charge in [-0.2, -0.15) is 4.98 Å². The van der Waals surface area contributed by atoms with Crippen LogP contribution < -0.4 is 5.32 Å². The lowest BCUT2D eigenvalue weighted by Gasteiger charge is -2.37. The van der Waals surface area contributed by atoms with Gasteiger partial charge in [-0.05, 0) is 26.8 Å². The van der Waals surface area contributed by atoms with Gasteiger partial charge in [-0.1, -0.05) is 0 Å². The van der Waals surface area contributed by atoms with Crippen molar-refractivity contribution in [3.63, 3.8) is 0 Å². The lowest BCUT2D eigenvalue weighted by molar-refractivity contribution is 0.0590. The fraction of sp³-hybridized carbons (Fsp3) is 0.538. The van der Waals surface area contributed by atoms with Crippen LogP contribution in [0.3, 0.4) is 0 Å². The highest BCUT2D eigenvalue weighted by atomic mass is 16.2. The number of amides is 1. The molecule has 2 aromatic heterocycles. The van der Waals surface area contributed by atoms with Crippen LogP contribution in [-0.4, -0.2) is 55.6 Å². The Labute approximate surface area is 117 Å². The summed E-state index contributed by atoms with van der Waals surface area (Å²) in [6.45, 7) is 7.49. The van der Waals surface area contributed by atoms with Crippen LogP contribution in [0.15, 0.2) is 12.3 Å². The monoisotopic (exact) mass is 274 g/mol. The second-order valence-corrected chi connectivity index (χ2v) is 5.22. The lowest BCUT2D eigenvalue weighted by atomic mass is 10.1. The van der Waals surface area contributed by atoms with E-state index < -0.39 is 0 Å². The van der Waals surface area contributed by atoms with E-state index in [1.54, 1.807) is 10.7 Å². The van der Waals surface area contributed by atoms with Gasteiger partial charge < -0.3 is 10.2 Å². The molecule has 1 saturated heterocycles. The van der Waals surface area contributed by atoms with E-state index in [9.17, 15) is 4.79 Å². The summed E-state index contributed by atoms with van der Waals surface area (Å²) in [5.41, 5.74) is 0.906. The van der Waals surface area contributed by atoms with E-state index in [1.807, 2.05) is 24.8 Å². The fourth-order valence-electron chi connectivity index (χ4n) is 2.47. The molecular formula is C13H18N6O. The molecule has 1 amide bonds. The molecule has 106 valence electrons. The molecule has 1 aliphatic rings. The van der Waals surface area contributed by atoms with E-state index in [1.165, 1.54) is 0 Å². The van der Waals surface area contributed by atoms with Gasteiger partial charge in [0.05, 0.1) is 0 Å². The zero-order valence-electron chi connectivity index (χ0n) is 11.9. The number of carbonyl (C=O) groups is 1. The Balaban J connectivity index is 1.94. The van der Waals surface area contributed by atoms with Crippen molar-refractivity contribution in [2.75, 3.05) is 13.1 Å². The van der Waals surface area contributed by atoms with Crippen LogP contribution in [0.1, 0.15) is 30.2 Å². The number of hydrogen-bond acceptors (Lipinski definition) is 5. The summed E-state index contributed by atoms with van der Waals surface area (Å²) in [6, 6.07) is 2.23. The molecule has 0 aliphatic carbocycles. The average Bonchev–Trinajstić information content (AvgIpc) is 2.87. The Morgan fingerprint density at radius 1 is 1.45 bits per heavy atom. The molecule has 2 atom stereocenters. The summed E-state index contributed by atoms with van der Waals surface area (Å²) in [5, 5.41) is 7.63. The van der Waals surface area contributed by atoms with Gasteiger partial charge in [0.2, 0.25) is 5.82 Å². The maximum Gasteiger partial charge on any atom is 0.293 e. The van der Waals surface area contributed by atoms with Crippen molar-refractivity contribution >= 4 is 11.7 Å². The molecule has 0 radical (unpaired) electrons. The summed E-state index contributed by atoms with van der Waals surface area (Å²) in [7, 11) is 0. The second kappa shape index (κ2) is 4.82. The third-order valence-corrected chi connectivity index (χ3v) is 3.92. The van der Waals surface area contributed by atoms with Crippen molar-refractivity contribution in [1.82, 2.24) is 29.8 Å². The van der Waals surface area contributed by atoms with Crippen LogP contribution in [0.25, 0.3) is 5.78 Å². The minimum atomic E-state index is -0.129. The van der Waals surface area contributed by atoms with Gasteiger partial charge in [0.25, 0.3) is 11.7 Å². The molecule has 0 unspecified atom stereocenters. The molecule has 1 N–H and O–H groups in total. The van der Waals surface area contributed by atoms with Crippen LogP contribution in [0.5, 0.6) is 0 Å². The molecule has 20 heavy (non-hydrogen) atoms. The zero-order chi connectivity index (χ0) is 14.3. The highest BCUT2D eigenvalue weighted by molar-refractivity contribution is 5.91. The van der Waals surface area contributed by atoms with E-state index in [4.69, 9.17) is 0 Å². The van der Waals surface area contributed by atoms with Crippen LogP contribution in [0, 0.1) is 6.92 Å². The van der Waals surface area contributed by atoms with Gasteiger partial charge in [-0.25, -0.2) is 9.50 Å². The van der Waals surface area contributed by atoms with Crippen molar-refractivity contribution in [1.29, 1.82) is 0 Å². The smallest absolute Gasteiger partial charge is 0.293 e. The predicted molar refractivity (Wildman–Crippen MR) is 73.5 cm³/mol. The summed E-state index contributed by atoms with van der Waals surface area (Å²) in [4.78, 5) is 22.8. The number of aryl methyl sites for hydroxylation is 1. The van der Waals surface area contributed by atoms with Gasteiger partial charge in [0, 0.05) is 37.1 Å². The third-order valence-electron chi connectivity index (χ3n) is 3.92. The number of nitrogens with zero attached hydrogens (tertiary/aromatic N) is 5. The quantitative estimate of drug-likeness (QED) is 0.807. The maximum absolute atomic E-state index is 12.6. The molecule has 2 aromatic rings. The third kappa shape index (κ3) is 2.03. The average molecular weight is 274 g/mol. The molecule has 0 bridgehead atoms. The molecule has 7 heteroatoms. The number of fused-ring (bicyclic) bond motifs is 1.